The van der Waals surface area contributed by atoms with Gasteiger partial charge in [-0.3, -0.25) is 0 Å². The third kappa shape index (κ3) is 1.37. The fourth-order valence-electron chi connectivity index (χ4n) is 8.73. The lowest BCUT2D eigenvalue weighted by Gasteiger charge is -2.53. The Labute approximate surface area is 138 Å². The smallest absolute Gasteiger partial charge is 0.0990 e. The van der Waals surface area contributed by atoms with E-state index in [0.717, 1.165) is 41.9 Å². The first kappa shape index (κ1) is 13.8. The van der Waals surface area contributed by atoms with Crippen molar-refractivity contribution < 1.29 is 0 Å². The van der Waals surface area contributed by atoms with Crippen molar-refractivity contribution in [2.24, 2.45) is 82.1 Å². The quantitative estimate of drug-likeness (QED) is 0.329. The average molecular weight is 314 g/mol. The molecule has 0 heterocycles. The second kappa shape index (κ2) is 3.87. The van der Waals surface area contributed by atoms with E-state index in [2.05, 4.69) is 12.2 Å². The highest BCUT2D eigenvalue weighted by Crippen LogP contribution is 2.72. The fourth-order valence-corrected chi connectivity index (χ4v) is 8.73. The van der Waals surface area contributed by atoms with Gasteiger partial charge in [0.25, 0.3) is 0 Å². The Balaban J connectivity index is 1.34. The summed E-state index contributed by atoms with van der Waals surface area (Å²) >= 11 is 0. The fraction of sp³-hybridized carbons (Fsp3) is 0.895. The molecular formula is C19H30N4. The minimum Gasteiger partial charge on any atom is -0.311 e. The summed E-state index contributed by atoms with van der Waals surface area (Å²) in [5, 5.41) is 0. The first-order valence-electron chi connectivity index (χ1n) is 9.73. The van der Waals surface area contributed by atoms with Gasteiger partial charge in [-0.05, 0) is 91.3 Å². The van der Waals surface area contributed by atoms with Gasteiger partial charge in [0.15, 0.2) is 0 Å². The van der Waals surface area contributed by atoms with Gasteiger partial charge in [0.2, 0.25) is 0 Å². The zero-order valence-electron chi connectivity index (χ0n) is 13.8. The zero-order chi connectivity index (χ0) is 15.7. The molecule has 0 spiro atoms. The molecule has 6 rings (SSSR count). The van der Waals surface area contributed by atoms with Gasteiger partial charge >= 0.3 is 0 Å². The number of hydrogen-bond acceptors (Lipinski definition) is 4. The summed E-state index contributed by atoms with van der Waals surface area (Å²) in [6, 6.07) is 0. The SMILES string of the molecule is NC1(N)C2CC(C3C4CC(CC4C4CC5C=CC4C5)C32)C1(N)N. The van der Waals surface area contributed by atoms with Crippen molar-refractivity contribution >= 4 is 0 Å². The summed E-state index contributed by atoms with van der Waals surface area (Å²) in [5.74, 6) is 7.41. The van der Waals surface area contributed by atoms with E-state index in [4.69, 9.17) is 22.9 Å². The van der Waals surface area contributed by atoms with Crippen molar-refractivity contribution in [3.63, 3.8) is 0 Å². The lowest BCUT2D eigenvalue weighted by molar-refractivity contribution is -0.00875. The Morgan fingerprint density at radius 1 is 0.652 bits per heavy atom. The van der Waals surface area contributed by atoms with E-state index in [1.807, 2.05) is 0 Å². The van der Waals surface area contributed by atoms with Crippen LogP contribution < -0.4 is 22.9 Å². The van der Waals surface area contributed by atoms with Crippen LogP contribution >= 0.6 is 0 Å². The first-order valence-corrected chi connectivity index (χ1v) is 9.73. The third-order valence-corrected chi connectivity index (χ3v) is 9.48. The summed E-state index contributed by atoms with van der Waals surface area (Å²) in [5.41, 5.74) is 24.2. The Morgan fingerprint density at radius 3 is 2.00 bits per heavy atom. The first-order chi connectivity index (χ1) is 10.9. The van der Waals surface area contributed by atoms with Crippen LogP contribution in [0.2, 0.25) is 0 Å². The normalized spacial score (nSPS) is 62.4. The standard InChI is InChI=1S/C19H30N4/c20-18(21)14-7-15(19(18,22)23)17-13-6-10(16(14)17)5-12(13)11-4-8-1-2-9(11)3-8/h1-2,8-17H,3-7,20-23H2. The van der Waals surface area contributed by atoms with Crippen molar-refractivity contribution in [2.45, 2.75) is 43.4 Å². The highest BCUT2D eigenvalue weighted by molar-refractivity contribution is 5.27. The van der Waals surface area contributed by atoms with Crippen molar-refractivity contribution in [2.75, 3.05) is 0 Å². The molecule has 0 aromatic heterocycles. The topological polar surface area (TPSA) is 104 Å². The molecule has 6 aliphatic rings. The molecule has 23 heavy (non-hydrogen) atoms. The molecule has 6 aliphatic carbocycles. The predicted molar refractivity (Wildman–Crippen MR) is 89.3 cm³/mol. The monoisotopic (exact) mass is 314 g/mol. The van der Waals surface area contributed by atoms with Crippen LogP contribution in [0, 0.1) is 59.2 Å². The Kier molecular flexibility index (Phi) is 2.33. The van der Waals surface area contributed by atoms with Crippen molar-refractivity contribution in [1.82, 2.24) is 0 Å². The summed E-state index contributed by atoms with van der Waals surface area (Å²) in [6.45, 7) is 0. The molecular weight excluding hydrogens is 284 g/mol. The van der Waals surface area contributed by atoms with Gasteiger partial charge in [-0.25, -0.2) is 0 Å². The van der Waals surface area contributed by atoms with Crippen LogP contribution in [0.4, 0.5) is 0 Å². The Bertz CT molecular complexity index is 596. The molecule has 5 saturated carbocycles. The van der Waals surface area contributed by atoms with Crippen molar-refractivity contribution in [1.29, 1.82) is 0 Å². The van der Waals surface area contributed by atoms with E-state index >= 15 is 0 Å². The molecule has 4 nitrogen and oxygen atoms in total. The maximum atomic E-state index is 6.50. The maximum Gasteiger partial charge on any atom is 0.0990 e. The van der Waals surface area contributed by atoms with Gasteiger partial charge in [-0.2, -0.15) is 0 Å². The van der Waals surface area contributed by atoms with Gasteiger partial charge in [0.05, 0.1) is 11.3 Å². The van der Waals surface area contributed by atoms with Crippen molar-refractivity contribution in [3.8, 4) is 0 Å². The average Bonchev–Trinajstić information content (AvgIpc) is 3.26. The van der Waals surface area contributed by atoms with E-state index in [1.54, 1.807) is 0 Å². The summed E-state index contributed by atoms with van der Waals surface area (Å²) in [6.07, 6.45) is 11.7. The highest BCUT2D eigenvalue weighted by atomic mass is 15.2. The number of hydrogen-bond donors (Lipinski definition) is 4. The van der Waals surface area contributed by atoms with Gasteiger partial charge in [0.1, 0.15) is 0 Å². The minimum absolute atomic E-state index is 0.347. The maximum absolute atomic E-state index is 6.50. The molecule has 0 aromatic rings. The largest absolute Gasteiger partial charge is 0.311 e. The Morgan fingerprint density at radius 2 is 1.35 bits per heavy atom. The molecule has 10 atom stereocenters. The predicted octanol–water partition coefficient (Wildman–Crippen LogP) is 0.964. The molecule has 8 N–H and O–H groups in total. The number of nitrogens with two attached hydrogens (primary N) is 4. The molecule has 0 aliphatic heterocycles. The van der Waals surface area contributed by atoms with Crippen LogP contribution in [0.25, 0.3) is 0 Å². The van der Waals surface area contributed by atoms with Crippen LogP contribution in [0.3, 0.4) is 0 Å². The van der Waals surface area contributed by atoms with Crippen LogP contribution in [0.5, 0.6) is 0 Å². The molecule has 5 fully saturated rings. The van der Waals surface area contributed by atoms with Gasteiger partial charge in [-0.1, -0.05) is 12.2 Å². The molecule has 10 unspecified atom stereocenters. The van der Waals surface area contributed by atoms with E-state index in [9.17, 15) is 0 Å². The molecule has 0 saturated heterocycles. The summed E-state index contributed by atoms with van der Waals surface area (Å²) in [7, 11) is 0. The van der Waals surface area contributed by atoms with Gasteiger partial charge in [0, 0.05) is 0 Å². The van der Waals surface area contributed by atoms with Crippen LogP contribution in [-0.4, -0.2) is 11.3 Å². The summed E-state index contributed by atoms with van der Waals surface area (Å²) < 4.78 is 0. The Hall–Kier alpha value is -0.420. The second-order valence-corrected chi connectivity index (χ2v) is 9.97. The van der Waals surface area contributed by atoms with E-state index in [-0.39, 0.29) is 0 Å². The highest BCUT2D eigenvalue weighted by Gasteiger charge is 2.74. The van der Waals surface area contributed by atoms with E-state index < -0.39 is 11.3 Å². The van der Waals surface area contributed by atoms with Gasteiger partial charge < -0.3 is 22.9 Å². The number of rotatable bonds is 1. The van der Waals surface area contributed by atoms with Crippen LogP contribution in [0.15, 0.2) is 12.2 Å². The molecule has 6 bridgehead atoms. The van der Waals surface area contributed by atoms with Gasteiger partial charge in [-0.15, -0.1) is 0 Å². The lowest BCUT2D eigenvalue weighted by atomic mass is 9.59. The summed E-state index contributed by atoms with van der Waals surface area (Å²) in [4.78, 5) is 0. The van der Waals surface area contributed by atoms with E-state index in [1.165, 1.54) is 25.7 Å². The molecule has 0 aromatic carbocycles. The van der Waals surface area contributed by atoms with Crippen molar-refractivity contribution in [3.05, 3.63) is 12.2 Å². The third-order valence-electron chi connectivity index (χ3n) is 9.48. The molecule has 0 amide bonds. The minimum atomic E-state index is -0.873. The van der Waals surface area contributed by atoms with E-state index in [0.29, 0.717) is 23.7 Å². The molecule has 0 radical (unpaired) electrons. The number of fused-ring (bicyclic) bond motifs is 11. The lowest BCUT2D eigenvalue weighted by Crippen LogP contribution is -2.81. The van der Waals surface area contributed by atoms with Crippen LogP contribution in [0.1, 0.15) is 32.1 Å². The number of allylic oxidation sites excluding steroid dienone is 2. The molecule has 4 heteroatoms. The zero-order valence-corrected chi connectivity index (χ0v) is 13.8. The van der Waals surface area contributed by atoms with Crippen LogP contribution in [-0.2, 0) is 0 Å². The molecule has 126 valence electrons. The second-order valence-electron chi connectivity index (χ2n) is 9.97.